The Morgan fingerprint density at radius 2 is 2.09 bits per heavy atom. The number of halogens is 1. The molecule has 0 aliphatic carbocycles. The summed E-state index contributed by atoms with van der Waals surface area (Å²) in [6, 6.07) is 11.3. The maximum Gasteiger partial charge on any atom is 0.254 e. The Balaban J connectivity index is 2.00. The van der Waals surface area contributed by atoms with Crippen LogP contribution < -0.4 is 10.1 Å². The van der Waals surface area contributed by atoms with E-state index in [0.29, 0.717) is 11.3 Å². The first-order valence-electron chi connectivity index (χ1n) is 6.87. The van der Waals surface area contributed by atoms with Crippen molar-refractivity contribution in [3.8, 4) is 5.75 Å². The first-order chi connectivity index (χ1) is 10.5. The second-order valence-corrected chi connectivity index (χ2v) is 4.99. The summed E-state index contributed by atoms with van der Waals surface area (Å²) in [4.78, 5) is 11.9. The van der Waals surface area contributed by atoms with Gasteiger partial charge < -0.3 is 15.2 Å². The molecular formula is C17H18FNO3. The van der Waals surface area contributed by atoms with Gasteiger partial charge in [0.2, 0.25) is 0 Å². The SMILES string of the molecule is COc1cccc(C(O)CNC(=O)c2ccc(C)cc2F)c1. The molecule has 2 aromatic carbocycles. The number of aryl methyl sites for hydroxylation is 1. The first-order valence-corrected chi connectivity index (χ1v) is 6.87. The Bertz CT molecular complexity index is 673. The zero-order valence-electron chi connectivity index (χ0n) is 12.5. The van der Waals surface area contributed by atoms with E-state index in [4.69, 9.17) is 4.74 Å². The number of aliphatic hydroxyl groups is 1. The van der Waals surface area contributed by atoms with E-state index in [1.807, 2.05) is 0 Å². The largest absolute Gasteiger partial charge is 0.497 e. The van der Waals surface area contributed by atoms with Crippen LogP contribution in [-0.2, 0) is 0 Å². The summed E-state index contributed by atoms with van der Waals surface area (Å²) in [7, 11) is 1.54. The van der Waals surface area contributed by atoms with Crippen molar-refractivity contribution < 1.29 is 19.0 Å². The summed E-state index contributed by atoms with van der Waals surface area (Å²) in [6.45, 7) is 1.73. The van der Waals surface area contributed by atoms with Gasteiger partial charge in [-0.25, -0.2) is 4.39 Å². The van der Waals surface area contributed by atoms with Gasteiger partial charge in [0.1, 0.15) is 11.6 Å². The van der Waals surface area contributed by atoms with Gasteiger partial charge >= 0.3 is 0 Å². The van der Waals surface area contributed by atoms with E-state index in [0.717, 1.165) is 5.56 Å². The van der Waals surface area contributed by atoms with Crippen LogP contribution in [0.3, 0.4) is 0 Å². The van der Waals surface area contributed by atoms with Crippen molar-refractivity contribution >= 4 is 5.91 Å². The normalized spacial score (nSPS) is 11.8. The molecule has 1 unspecified atom stereocenters. The molecule has 0 aromatic heterocycles. The number of ether oxygens (including phenoxy) is 1. The van der Waals surface area contributed by atoms with Crippen molar-refractivity contribution in [2.75, 3.05) is 13.7 Å². The van der Waals surface area contributed by atoms with E-state index >= 15 is 0 Å². The number of hydrogen-bond acceptors (Lipinski definition) is 3. The lowest BCUT2D eigenvalue weighted by Crippen LogP contribution is -2.29. The van der Waals surface area contributed by atoms with Crippen LogP contribution in [0.2, 0.25) is 0 Å². The van der Waals surface area contributed by atoms with Crippen LogP contribution in [0.25, 0.3) is 0 Å². The number of carbonyl (C=O) groups excluding carboxylic acids is 1. The predicted molar refractivity (Wildman–Crippen MR) is 81.4 cm³/mol. The number of methoxy groups -OCH3 is 1. The third-order valence-electron chi connectivity index (χ3n) is 3.30. The number of hydrogen-bond donors (Lipinski definition) is 2. The molecule has 0 aliphatic heterocycles. The Hall–Kier alpha value is -2.40. The van der Waals surface area contributed by atoms with Gasteiger partial charge in [-0.3, -0.25) is 4.79 Å². The molecule has 0 spiro atoms. The summed E-state index contributed by atoms with van der Waals surface area (Å²) in [5.41, 5.74) is 1.32. The molecule has 1 amide bonds. The third kappa shape index (κ3) is 3.83. The molecule has 2 aromatic rings. The van der Waals surface area contributed by atoms with E-state index in [1.165, 1.54) is 19.2 Å². The van der Waals surface area contributed by atoms with Crippen molar-refractivity contribution in [3.63, 3.8) is 0 Å². The van der Waals surface area contributed by atoms with Gasteiger partial charge in [0.15, 0.2) is 0 Å². The lowest BCUT2D eigenvalue weighted by atomic mass is 10.1. The highest BCUT2D eigenvalue weighted by Crippen LogP contribution is 2.18. The molecule has 0 radical (unpaired) electrons. The number of benzene rings is 2. The molecule has 2 N–H and O–H groups in total. The number of carbonyl (C=O) groups is 1. The van der Waals surface area contributed by atoms with Crippen molar-refractivity contribution in [3.05, 3.63) is 65.0 Å². The zero-order chi connectivity index (χ0) is 16.1. The van der Waals surface area contributed by atoms with E-state index in [2.05, 4.69) is 5.32 Å². The van der Waals surface area contributed by atoms with Gasteiger partial charge in [-0.2, -0.15) is 0 Å². The van der Waals surface area contributed by atoms with Gasteiger partial charge in [0, 0.05) is 6.54 Å². The van der Waals surface area contributed by atoms with Crippen LogP contribution in [0.5, 0.6) is 5.75 Å². The van der Waals surface area contributed by atoms with E-state index in [-0.39, 0.29) is 12.1 Å². The summed E-state index contributed by atoms with van der Waals surface area (Å²) in [6.07, 6.45) is -0.896. The van der Waals surface area contributed by atoms with Gasteiger partial charge in [0.05, 0.1) is 18.8 Å². The molecule has 0 heterocycles. The quantitative estimate of drug-likeness (QED) is 0.892. The maximum absolute atomic E-state index is 13.7. The molecular weight excluding hydrogens is 285 g/mol. The molecule has 0 aliphatic rings. The van der Waals surface area contributed by atoms with Crippen molar-refractivity contribution in [1.29, 1.82) is 0 Å². The molecule has 0 saturated heterocycles. The molecule has 2 rings (SSSR count). The van der Waals surface area contributed by atoms with Gasteiger partial charge in [-0.15, -0.1) is 0 Å². The average Bonchev–Trinajstić information content (AvgIpc) is 2.52. The predicted octanol–water partition coefficient (Wildman–Crippen LogP) is 2.61. The fraction of sp³-hybridized carbons (Fsp3) is 0.235. The topological polar surface area (TPSA) is 58.6 Å². The monoisotopic (exact) mass is 303 g/mol. The van der Waals surface area contributed by atoms with Crippen LogP contribution in [-0.4, -0.2) is 24.7 Å². The Labute approximate surface area is 128 Å². The Morgan fingerprint density at radius 3 is 2.77 bits per heavy atom. The van der Waals surface area contributed by atoms with Crippen molar-refractivity contribution in [2.24, 2.45) is 0 Å². The third-order valence-corrected chi connectivity index (χ3v) is 3.30. The lowest BCUT2D eigenvalue weighted by molar-refractivity contribution is 0.0912. The highest BCUT2D eigenvalue weighted by molar-refractivity contribution is 5.94. The molecule has 0 saturated carbocycles. The molecule has 22 heavy (non-hydrogen) atoms. The van der Waals surface area contributed by atoms with Crippen LogP contribution in [0.1, 0.15) is 27.6 Å². The standard InChI is InChI=1S/C17H18FNO3/c1-11-6-7-14(15(18)8-11)17(21)19-10-16(20)12-4-3-5-13(9-12)22-2/h3-9,16,20H,10H2,1-2H3,(H,19,21). The molecule has 116 valence electrons. The molecule has 0 bridgehead atoms. The fourth-order valence-corrected chi connectivity index (χ4v) is 2.06. The second-order valence-electron chi connectivity index (χ2n) is 4.99. The smallest absolute Gasteiger partial charge is 0.254 e. The molecule has 0 fully saturated rings. The molecule has 1 atom stereocenters. The highest BCUT2D eigenvalue weighted by atomic mass is 19.1. The highest BCUT2D eigenvalue weighted by Gasteiger charge is 2.14. The van der Waals surface area contributed by atoms with Crippen molar-refractivity contribution in [1.82, 2.24) is 5.32 Å². The maximum atomic E-state index is 13.7. The summed E-state index contributed by atoms with van der Waals surface area (Å²) >= 11 is 0. The van der Waals surface area contributed by atoms with Crippen LogP contribution in [0.4, 0.5) is 4.39 Å². The summed E-state index contributed by atoms with van der Waals surface area (Å²) < 4.78 is 18.8. The zero-order valence-corrected chi connectivity index (χ0v) is 12.5. The van der Waals surface area contributed by atoms with Crippen LogP contribution in [0.15, 0.2) is 42.5 Å². The Morgan fingerprint density at radius 1 is 1.32 bits per heavy atom. The summed E-state index contributed by atoms with van der Waals surface area (Å²) in [5.74, 6) is -0.514. The molecule has 4 nitrogen and oxygen atoms in total. The lowest BCUT2D eigenvalue weighted by Gasteiger charge is -2.13. The van der Waals surface area contributed by atoms with Gasteiger partial charge in [-0.05, 0) is 42.3 Å². The number of rotatable bonds is 5. The fourth-order valence-electron chi connectivity index (χ4n) is 2.06. The average molecular weight is 303 g/mol. The molecule has 5 heteroatoms. The minimum Gasteiger partial charge on any atom is -0.497 e. The van der Waals surface area contributed by atoms with Crippen LogP contribution >= 0.6 is 0 Å². The number of amides is 1. The number of aliphatic hydroxyl groups excluding tert-OH is 1. The van der Waals surface area contributed by atoms with E-state index in [1.54, 1.807) is 37.3 Å². The van der Waals surface area contributed by atoms with E-state index < -0.39 is 17.8 Å². The van der Waals surface area contributed by atoms with E-state index in [9.17, 15) is 14.3 Å². The summed E-state index contributed by atoms with van der Waals surface area (Å²) in [5, 5.41) is 12.6. The Kier molecular flexibility index (Phi) is 5.12. The van der Waals surface area contributed by atoms with Gasteiger partial charge in [-0.1, -0.05) is 18.2 Å². The van der Waals surface area contributed by atoms with Crippen molar-refractivity contribution in [2.45, 2.75) is 13.0 Å². The minimum atomic E-state index is -0.896. The minimum absolute atomic E-state index is 0.0146. The van der Waals surface area contributed by atoms with Gasteiger partial charge in [0.25, 0.3) is 5.91 Å². The number of nitrogens with one attached hydrogen (secondary N) is 1. The first kappa shape index (κ1) is 16.0. The van der Waals surface area contributed by atoms with Crippen LogP contribution in [0, 0.1) is 12.7 Å². The second kappa shape index (κ2) is 7.04.